The predicted octanol–water partition coefficient (Wildman–Crippen LogP) is 4.05. The second-order valence-electron chi connectivity index (χ2n) is 6.77. The first-order chi connectivity index (χ1) is 13.0. The highest BCUT2D eigenvalue weighted by Crippen LogP contribution is 2.35. The molecule has 2 atom stereocenters. The third-order valence-electron chi connectivity index (χ3n) is 4.86. The molecule has 0 spiro atoms. The molecule has 4 rings (SSSR count). The van der Waals surface area contributed by atoms with Gasteiger partial charge >= 0.3 is 0 Å². The van der Waals surface area contributed by atoms with E-state index in [0.717, 1.165) is 11.1 Å². The van der Waals surface area contributed by atoms with Crippen LogP contribution in [0, 0.1) is 5.92 Å². The minimum Gasteiger partial charge on any atom is -0.393 e. The topological polar surface area (TPSA) is 77.9 Å². The summed E-state index contributed by atoms with van der Waals surface area (Å²) in [6.45, 7) is 3.44. The zero-order valence-corrected chi connectivity index (χ0v) is 16.2. The van der Waals surface area contributed by atoms with E-state index in [1.807, 2.05) is 13.0 Å². The Hall–Kier alpha value is -2.15. The number of imidazole rings is 1. The molecule has 0 amide bonds. The van der Waals surface area contributed by atoms with Gasteiger partial charge in [-0.05, 0) is 30.5 Å². The van der Waals surface area contributed by atoms with Crippen molar-refractivity contribution in [1.82, 2.24) is 19.9 Å². The fourth-order valence-corrected chi connectivity index (χ4v) is 3.81. The maximum Gasteiger partial charge on any atom is 0.225 e. The zero-order valence-electron chi connectivity index (χ0n) is 14.7. The number of H-pyrrole nitrogens is 1. The number of aliphatic hydroxyl groups is 1. The molecule has 0 saturated carbocycles. The molecule has 27 heavy (non-hydrogen) atoms. The van der Waals surface area contributed by atoms with E-state index in [1.165, 1.54) is 0 Å². The number of aromatic amines is 1. The van der Waals surface area contributed by atoms with Gasteiger partial charge < -0.3 is 15.0 Å². The molecule has 8 heteroatoms. The third-order valence-corrected chi connectivity index (χ3v) is 5.41. The number of benzene rings is 1. The normalized spacial score (nSPS) is 20.1. The van der Waals surface area contributed by atoms with E-state index >= 15 is 0 Å². The van der Waals surface area contributed by atoms with Crippen molar-refractivity contribution in [3.8, 4) is 22.6 Å². The number of piperidine rings is 1. The van der Waals surface area contributed by atoms with Crippen LogP contribution in [0.4, 0.5) is 5.95 Å². The van der Waals surface area contributed by atoms with Crippen LogP contribution >= 0.6 is 23.2 Å². The van der Waals surface area contributed by atoms with Crippen molar-refractivity contribution < 1.29 is 5.11 Å². The van der Waals surface area contributed by atoms with Gasteiger partial charge in [0.2, 0.25) is 5.95 Å². The number of hydrogen-bond acceptors (Lipinski definition) is 5. The summed E-state index contributed by atoms with van der Waals surface area (Å²) in [6.07, 6.45) is 5.61. The number of aromatic nitrogens is 4. The van der Waals surface area contributed by atoms with Gasteiger partial charge in [-0.25, -0.2) is 15.0 Å². The van der Waals surface area contributed by atoms with Crippen molar-refractivity contribution in [2.75, 3.05) is 18.0 Å². The van der Waals surface area contributed by atoms with Crippen molar-refractivity contribution in [1.29, 1.82) is 0 Å². The number of nitrogens with zero attached hydrogens (tertiary/aromatic N) is 4. The molecule has 0 bridgehead atoms. The molecule has 1 aromatic carbocycles. The fraction of sp³-hybridized carbons (Fsp3) is 0.316. The van der Waals surface area contributed by atoms with Crippen molar-refractivity contribution >= 4 is 29.2 Å². The lowest BCUT2D eigenvalue weighted by Gasteiger charge is -2.34. The number of rotatable bonds is 3. The number of hydrogen-bond donors (Lipinski definition) is 2. The van der Waals surface area contributed by atoms with Crippen molar-refractivity contribution in [2.45, 2.75) is 19.4 Å². The second-order valence-corrected chi connectivity index (χ2v) is 7.62. The minimum absolute atomic E-state index is 0.162. The standard InChI is InChI=1S/C19H19Cl2N5O/c1-11-10-26(7-4-16(11)27)19-24-9-14(18-22-5-6-23-18)17(25-19)13-3-2-12(20)8-15(13)21/h2-3,5-6,8-9,11,16,27H,4,7,10H2,1H3,(H,22,23)/t11-,16+/m1/s1. The largest absolute Gasteiger partial charge is 0.393 e. The summed E-state index contributed by atoms with van der Waals surface area (Å²) in [5.74, 6) is 1.45. The summed E-state index contributed by atoms with van der Waals surface area (Å²) in [5.41, 5.74) is 2.22. The molecule has 3 aromatic rings. The van der Waals surface area contributed by atoms with Gasteiger partial charge in [0.25, 0.3) is 0 Å². The molecule has 2 N–H and O–H groups in total. The van der Waals surface area contributed by atoms with Gasteiger partial charge in [0.1, 0.15) is 5.82 Å². The molecule has 2 aromatic heterocycles. The van der Waals surface area contributed by atoms with Crippen LogP contribution in [-0.4, -0.2) is 44.2 Å². The Balaban J connectivity index is 1.81. The summed E-state index contributed by atoms with van der Waals surface area (Å²) >= 11 is 12.5. The highest BCUT2D eigenvalue weighted by atomic mass is 35.5. The average molecular weight is 404 g/mol. The SMILES string of the molecule is C[C@@H]1CN(c2ncc(-c3ncc[nH]3)c(-c3ccc(Cl)cc3Cl)n2)CC[C@@H]1O. The Bertz CT molecular complexity index is 947. The quantitative estimate of drug-likeness (QED) is 0.689. The molecule has 1 aliphatic heterocycles. The molecule has 1 aliphatic rings. The molecule has 0 aliphatic carbocycles. The summed E-state index contributed by atoms with van der Waals surface area (Å²) in [4.78, 5) is 18.9. The molecular weight excluding hydrogens is 385 g/mol. The lowest BCUT2D eigenvalue weighted by atomic mass is 9.97. The summed E-state index contributed by atoms with van der Waals surface area (Å²) in [5, 5.41) is 11.1. The van der Waals surface area contributed by atoms with Gasteiger partial charge in [-0.15, -0.1) is 0 Å². The highest BCUT2D eigenvalue weighted by molar-refractivity contribution is 6.36. The summed E-state index contributed by atoms with van der Waals surface area (Å²) in [7, 11) is 0. The minimum atomic E-state index is -0.283. The maximum atomic E-state index is 10.00. The molecule has 3 heterocycles. The van der Waals surface area contributed by atoms with Crippen LogP contribution in [0.25, 0.3) is 22.6 Å². The van der Waals surface area contributed by atoms with Gasteiger partial charge in [-0.2, -0.15) is 0 Å². The lowest BCUT2D eigenvalue weighted by molar-refractivity contribution is 0.0966. The van der Waals surface area contributed by atoms with E-state index in [9.17, 15) is 5.11 Å². The second kappa shape index (κ2) is 7.46. The van der Waals surface area contributed by atoms with Crippen LogP contribution in [-0.2, 0) is 0 Å². The Kier molecular flexibility index (Phi) is 5.04. The Labute approximate surface area is 167 Å². The van der Waals surface area contributed by atoms with Crippen LogP contribution in [0.3, 0.4) is 0 Å². The molecule has 1 fully saturated rings. The number of anilines is 1. The highest BCUT2D eigenvalue weighted by Gasteiger charge is 2.27. The first kappa shape index (κ1) is 18.2. The number of halogens is 2. The van der Waals surface area contributed by atoms with Crippen LogP contribution in [0.15, 0.2) is 36.8 Å². The predicted molar refractivity (Wildman–Crippen MR) is 107 cm³/mol. The van der Waals surface area contributed by atoms with Crippen molar-refractivity contribution in [2.24, 2.45) is 5.92 Å². The Morgan fingerprint density at radius 1 is 1.22 bits per heavy atom. The van der Waals surface area contributed by atoms with Gasteiger partial charge in [0.05, 0.1) is 22.4 Å². The average Bonchev–Trinajstić information content (AvgIpc) is 3.18. The van der Waals surface area contributed by atoms with E-state index < -0.39 is 0 Å². The molecule has 6 nitrogen and oxygen atoms in total. The summed E-state index contributed by atoms with van der Waals surface area (Å²) < 4.78 is 0. The summed E-state index contributed by atoms with van der Waals surface area (Å²) in [6, 6.07) is 5.34. The van der Waals surface area contributed by atoms with E-state index in [2.05, 4.69) is 19.9 Å². The Morgan fingerprint density at radius 2 is 2.07 bits per heavy atom. The van der Waals surface area contributed by atoms with Gasteiger partial charge in [0.15, 0.2) is 0 Å². The van der Waals surface area contributed by atoms with Gasteiger partial charge in [0, 0.05) is 42.3 Å². The van der Waals surface area contributed by atoms with Crippen LogP contribution < -0.4 is 4.90 Å². The lowest BCUT2D eigenvalue weighted by Crippen LogP contribution is -2.42. The fourth-order valence-electron chi connectivity index (χ4n) is 3.31. The van der Waals surface area contributed by atoms with Gasteiger partial charge in [-0.1, -0.05) is 30.1 Å². The van der Waals surface area contributed by atoms with Crippen molar-refractivity contribution in [3.63, 3.8) is 0 Å². The van der Waals surface area contributed by atoms with Crippen LogP contribution in [0.1, 0.15) is 13.3 Å². The van der Waals surface area contributed by atoms with E-state index in [0.29, 0.717) is 47.0 Å². The number of nitrogens with one attached hydrogen (secondary N) is 1. The number of aliphatic hydroxyl groups excluding tert-OH is 1. The molecule has 0 unspecified atom stereocenters. The van der Waals surface area contributed by atoms with Gasteiger partial charge in [-0.3, -0.25) is 0 Å². The Morgan fingerprint density at radius 3 is 2.78 bits per heavy atom. The molecule has 0 radical (unpaired) electrons. The molecule has 140 valence electrons. The van der Waals surface area contributed by atoms with Crippen molar-refractivity contribution in [3.05, 3.63) is 46.8 Å². The zero-order chi connectivity index (χ0) is 19.0. The smallest absolute Gasteiger partial charge is 0.225 e. The molecular formula is C19H19Cl2N5O. The maximum absolute atomic E-state index is 10.00. The molecule has 1 saturated heterocycles. The first-order valence-corrected chi connectivity index (χ1v) is 9.53. The van der Waals surface area contributed by atoms with E-state index in [-0.39, 0.29) is 12.0 Å². The van der Waals surface area contributed by atoms with Crippen LogP contribution in [0.2, 0.25) is 10.0 Å². The van der Waals surface area contributed by atoms with E-state index in [1.54, 1.807) is 30.7 Å². The van der Waals surface area contributed by atoms with E-state index in [4.69, 9.17) is 28.2 Å². The van der Waals surface area contributed by atoms with Crippen LogP contribution in [0.5, 0.6) is 0 Å². The monoisotopic (exact) mass is 403 g/mol. The first-order valence-electron chi connectivity index (χ1n) is 8.78. The third kappa shape index (κ3) is 3.65.